The smallest absolute Gasteiger partial charge is 0.129 e. The van der Waals surface area contributed by atoms with Crippen molar-refractivity contribution in [3.8, 4) is 0 Å². The molecule has 0 aliphatic carbocycles. The number of aliphatic hydroxyl groups excluding tert-OH is 1. The molecular weight excluding hydrogens is 288 g/mol. The van der Waals surface area contributed by atoms with E-state index in [9.17, 15) is 5.11 Å². The van der Waals surface area contributed by atoms with Crippen LogP contribution in [0.2, 0.25) is 0 Å². The number of likely N-dealkylation sites (tertiary alicyclic amines) is 1. The number of aliphatic hydroxyl groups is 1. The normalized spacial score (nSPS) is 22.0. The van der Waals surface area contributed by atoms with Crippen LogP contribution in [0.4, 0.5) is 5.82 Å². The zero-order valence-electron chi connectivity index (χ0n) is 13.5. The average molecular weight is 312 g/mol. The molecule has 1 fully saturated rings. The first kappa shape index (κ1) is 15.9. The number of piperidine rings is 1. The molecule has 1 aliphatic heterocycles. The third-order valence-electron chi connectivity index (χ3n) is 4.46. The van der Waals surface area contributed by atoms with E-state index in [-0.39, 0.29) is 18.6 Å². The number of hydrogen-bond donors (Lipinski definition) is 2. The highest BCUT2D eigenvalue weighted by molar-refractivity contribution is 5.36. The van der Waals surface area contributed by atoms with Crippen molar-refractivity contribution in [3.63, 3.8) is 0 Å². The van der Waals surface area contributed by atoms with Crippen LogP contribution in [0.5, 0.6) is 0 Å². The molecule has 0 radical (unpaired) electrons. The van der Waals surface area contributed by atoms with Gasteiger partial charge in [0.25, 0.3) is 0 Å². The second kappa shape index (κ2) is 7.53. The lowest BCUT2D eigenvalue weighted by Gasteiger charge is -2.38. The largest absolute Gasteiger partial charge is 0.396 e. The second-order valence-electron chi connectivity index (χ2n) is 6.25. The van der Waals surface area contributed by atoms with Gasteiger partial charge in [-0.05, 0) is 25.5 Å². The average Bonchev–Trinajstić information content (AvgIpc) is 2.56. The van der Waals surface area contributed by atoms with Crippen LogP contribution in [0.1, 0.15) is 17.7 Å². The number of aromatic nitrogens is 2. The maximum atomic E-state index is 9.68. The Hall–Kier alpha value is -1.98. The van der Waals surface area contributed by atoms with Crippen LogP contribution in [0.15, 0.2) is 42.7 Å². The molecule has 23 heavy (non-hydrogen) atoms. The molecule has 1 aromatic heterocycles. The van der Waals surface area contributed by atoms with E-state index < -0.39 is 0 Å². The van der Waals surface area contributed by atoms with Gasteiger partial charge in [-0.15, -0.1) is 0 Å². The molecule has 5 heteroatoms. The van der Waals surface area contributed by atoms with Gasteiger partial charge in [-0.2, -0.15) is 0 Å². The minimum Gasteiger partial charge on any atom is -0.396 e. The van der Waals surface area contributed by atoms with Gasteiger partial charge in [0.1, 0.15) is 12.1 Å². The molecule has 122 valence electrons. The Labute approximate surface area is 137 Å². The molecule has 1 aliphatic rings. The lowest BCUT2D eigenvalue weighted by Crippen LogP contribution is -2.48. The highest BCUT2D eigenvalue weighted by Crippen LogP contribution is 2.22. The number of rotatable bonds is 5. The van der Waals surface area contributed by atoms with Crippen molar-refractivity contribution in [2.45, 2.75) is 25.9 Å². The molecule has 0 saturated carbocycles. The van der Waals surface area contributed by atoms with Gasteiger partial charge < -0.3 is 10.4 Å². The van der Waals surface area contributed by atoms with Gasteiger partial charge >= 0.3 is 0 Å². The molecule has 2 aromatic rings. The summed E-state index contributed by atoms with van der Waals surface area (Å²) in [5.74, 6) is 1.10. The highest BCUT2D eigenvalue weighted by Gasteiger charge is 2.29. The number of benzene rings is 1. The van der Waals surface area contributed by atoms with Crippen molar-refractivity contribution in [2.75, 3.05) is 25.0 Å². The Morgan fingerprint density at radius 2 is 2.09 bits per heavy atom. The summed E-state index contributed by atoms with van der Waals surface area (Å²) in [5.41, 5.74) is 2.27. The van der Waals surface area contributed by atoms with Crippen LogP contribution >= 0.6 is 0 Å². The lowest BCUT2D eigenvalue weighted by atomic mass is 9.92. The Bertz CT molecular complexity index is 619. The van der Waals surface area contributed by atoms with E-state index in [1.165, 1.54) is 5.56 Å². The Morgan fingerprint density at radius 1 is 1.26 bits per heavy atom. The first-order valence-corrected chi connectivity index (χ1v) is 8.17. The van der Waals surface area contributed by atoms with Gasteiger partial charge in [-0.1, -0.05) is 30.3 Å². The third kappa shape index (κ3) is 4.27. The summed E-state index contributed by atoms with van der Waals surface area (Å²) in [6.07, 6.45) is 2.57. The van der Waals surface area contributed by atoms with E-state index in [0.29, 0.717) is 0 Å². The lowest BCUT2D eigenvalue weighted by molar-refractivity contribution is 0.115. The van der Waals surface area contributed by atoms with Gasteiger partial charge in [-0.3, -0.25) is 4.90 Å². The van der Waals surface area contributed by atoms with Gasteiger partial charge in [-0.25, -0.2) is 9.97 Å². The highest BCUT2D eigenvalue weighted by atomic mass is 16.3. The minimum atomic E-state index is 0.201. The first-order chi connectivity index (χ1) is 11.2. The van der Waals surface area contributed by atoms with E-state index in [1.54, 1.807) is 6.33 Å². The van der Waals surface area contributed by atoms with Gasteiger partial charge in [0.05, 0.1) is 0 Å². The van der Waals surface area contributed by atoms with Crippen LogP contribution in [0.3, 0.4) is 0 Å². The van der Waals surface area contributed by atoms with Crippen molar-refractivity contribution in [2.24, 2.45) is 5.92 Å². The Balaban J connectivity index is 1.66. The number of hydrogen-bond acceptors (Lipinski definition) is 5. The van der Waals surface area contributed by atoms with Crippen LogP contribution in [-0.2, 0) is 6.54 Å². The molecule has 0 spiro atoms. The SMILES string of the molecule is Cc1cc(N[C@H]2CN(Cc3ccccc3)CC[C@@H]2CO)ncn1. The van der Waals surface area contributed by atoms with Crippen molar-refractivity contribution in [1.29, 1.82) is 0 Å². The van der Waals surface area contributed by atoms with E-state index in [2.05, 4.69) is 44.5 Å². The molecule has 3 rings (SSSR count). The van der Waals surface area contributed by atoms with Crippen LogP contribution in [-0.4, -0.2) is 45.7 Å². The Kier molecular flexibility index (Phi) is 5.20. The van der Waals surface area contributed by atoms with Crippen molar-refractivity contribution < 1.29 is 5.11 Å². The molecule has 0 unspecified atom stereocenters. The van der Waals surface area contributed by atoms with Crippen molar-refractivity contribution in [3.05, 3.63) is 54.0 Å². The number of aryl methyl sites for hydroxylation is 1. The molecule has 0 bridgehead atoms. The molecule has 2 heterocycles. The first-order valence-electron chi connectivity index (χ1n) is 8.17. The van der Waals surface area contributed by atoms with E-state index in [4.69, 9.17) is 0 Å². The quantitative estimate of drug-likeness (QED) is 0.885. The zero-order chi connectivity index (χ0) is 16.1. The molecule has 2 atom stereocenters. The third-order valence-corrected chi connectivity index (χ3v) is 4.46. The summed E-state index contributed by atoms with van der Waals surface area (Å²) in [6, 6.07) is 12.7. The summed E-state index contributed by atoms with van der Waals surface area (Å²) in [4.78, 5) is 10.9. The summed E-state index contributed by atoms with van der Waals surface area (Å²) >= 11 is 0. The van der Waals surface area contributed by atoms with Gasteiger partial charge in [0.2, 0.25) is 0 Å². The van der Waals surface area contributed by atoms with Gasteiger partial charge in [0.15, 0.2) is 0 Å². The Morgan fingerprint density at radius 3 is 2.83 bits per heavy atom. The zero-order valence-corrected chi connectivity index (χ0v) is 13.5. The second-order valence-corrected chi connectivity index (χ2v) is 6.25. The molecule has 2 N–H and O–H groups in total. The van der Waals surface area contributed by atoms with E-state index in [0.717, 1.165) is 37.6 Å². The predicted molar refractivity (Wildman–Crippen MR) is 91.1 cm³/mol. The van der Waals surface area contributed by atoms with Crippen LogP contribution in [0, 0.1) is 12.8 Å². The maximum absolute atomic E-state index is 9.68. The van der Waals surface area contributed by atoms with Gasteiger partial charge in [0, 0.05) is 43.4 Å². The maximum Gasteiger partial charge on any atom is 0.129 e. The fourth-order valence-electron chi connectivity index (χ4n) is 3.16. The number of anilines is 1. The summed E-state index contributed by atoms with van der Waals surface area (Å²) in [6.45, 7) is 5.03. The van der Waals surface area contributed by atoms with Crippen molar-refractivity contribution in [1.82, 2.24) is 14.9 Å². The summed E-state index contributed by atoms with van der Waals surface area (Å²) in [7, 11) is 0. The molecule has 0 amide bonds. The monoisotopic (exact) mass is 312 g/mol. The fraction of sp³-hybridized carbons (Fsp3) is 0.444. The van der Waals surface area contributed by atoms with Crippen LogP contribution in [0.25, 0.3) is 0 Å². The predicted octanol–water partition coefficient (Wildman–Crippen LogP) is 2.08. The minimum absolute atomic E-state index is 0.201. The fourth-order valence-corrected chi connectivity index (χ4v) is 3.16. The van der Waals surface area contributed by atoms with E-state index in [1.807, 2.05) is 19.1 Å². The molecular formula is C18H24N4O. The van der Waals surface area contributed by atoms with Crippen LogP contribution < -0.4 is 5.32 Å². The summed E-state index contributed by atoms with van der Waals surface area (Å²) < 4.78 is 0. The standard InChI is InChI=1S/C18H24N4O/c1-14-9-18(20-13-19-14)21-17-11-22(8-7-16(17)12-23)10-15-5-3-2-4-6-15/h2-6,9,13,16-17,23H,7-8,10-12H2,1H3,(H,19,20,21)/t16-,17+/m1/s1. The van der Waals surface area contributed by atoms with Crippen molar-refractivity contribution >= 4 is 5.82 Å². The van der Waals surface area contributed by atoms with E-state index >= 15 is 0 Å². The topological polar surface area (TPSA) is 61.3 Å². The molecule has 1 aromatic carbocycles. The number of nitrogens with one attached hydrogen (secondary N) is 1. The number of nitrogens with zero attached hydrogens (tertiary/aromatic N) is 3. The molecule has 1 saturated heterocycles. The summed E-state index contributed by atoms with van der Waals surface area (Å²) in [5, 5.41) is 13.2. The molecule has 5 nitrogen and oxygen atoms in total.